The maximum absolute atomic E-state index is 13.4. The number of carboxylic acids is 1. The van der Waals surface area contributed by atoms with E-state index in [1.165, 1.54) is 12.1 Å². The molecular weight excluding hydrogens is 249 g/mol. The molecule has 1 aliphatic rings. The molecule has 5 heteroatoms. The summed E-state index contributed by atoms with van der Waals surface area (Å²) in [6.07, 6.45) is 1.85. The number of rotatable bonds is 3. The zero-order valence-corrected chi connectivity index (χ0v) is 10.3. The number of carboxylic acid groups (broad SMARTS) is 1. The summed E-state index contributed by atoms with van der Waals surface area (Å²) in [5.41, 5.74) is 1.68. The van der Waals surface area contributed by atoms with Crippen molar-refractivity contribution in [3.05, 3.63) is 41.0 Å². The van der Waals surface area contributed by atoms with E-state index >= 15 is 0 Å². The first-order valence-electron chi connectivity index (χ1n) is 6.06. The Balaban J connectivity index is 2.09. The maximum Gasteiger partial charge on any atom is 0.373 e. The minimum Gasteiger partial charge on any atom is -0.475 e. The lowest BCUT2D eigenvalue weighted by molar-refractivity contribution is 0.0661. The van der Waals surface area contributed by atoms with Gasteiger partial charge in [-0.1, -0.05) is 0 Å². The number of halogens is 1. The van der Waals surface area contributed by atoms with Crippen LogP contribution in [0.2, 0.25) is 0 Å². The molecule has 98 valence electrons. The van der Waals surface area contributed by atoms with Crippen LogP contribution in [0.15, 0.2) is 22.6 Å². The molecule has 0 bridgehead atoms. The fourth-order valence-corrected chi connectivity index (χ4v) is 2.10. The van der Waals surface area contributed by atoms with Gasteiger partial charge in [-0.15, -0.1) is 0 Å². The minimum absolute atomic E-state index is 0.126. The summed E-state index contributed by atoms with van der Waals surface area (Å²) >= 11 is 0. The first kappa shape index (κ1) is 11.9. The minimum atomic E-state index is -1.13. The van der Waals surface area contributed by atoms with Crippen molar-refractivity contribution in [2.75, 3.05) is 0 Å². The maximum atomic E-state index is 13.4. The van der Waals surface area contributed by atoms with Crippen LogP contribution in [0.4, 0.5) is 4.39 Å². The molecule has 1 aliphatic carbocycles. The molecular formula is C14H12FNO3. The van der Waals surface area contributed by atoms with E-state index in [4.69, 9.17) is 9.52 Å². The Labute approximate surface area is 108 Å². The fourth-order valence-electron chi connectivity index (χ4n) is 2.10. The summed E-state index contributed by atoms with van der Waals surface area (Å²) in [6, 6.07) is 4.41. The van der Waals surface area contributed by atoms with E-state index in [1.807, 2.05) is 0 Å². The van der Waals surface area contributed by atoms with Crippen LogP contribution in [0.25, 0.3) is 11.5 Å². The van der Waals surface area contributed by atoms with Crippen molar-refractivity contribution in [3.8, 4) is 11.5 Å². The first-order valence-corrected chi connectivity index (χ1v) is 6.06. The lowest BCUT2D eigenvalue weighted by atomic mass is 10.1. The van der Waals surface area contributed by atoms with E-state index in [-0.39, 0.29) is 17.6 Å². The second kappa shape index (κ2) is 4.19. The Bertz CT molecular complexity index is 638. The number of oxazole rings is 1. The van der Waals surface area contributed by atoms with Gasteiger partial charge in [-0.25, -0.2) is 14.2 Å². The number of aromatic carboxylic acids is 1. The van der Waals surface area contributed by atoms with E-state index in [1.54, 1.807) is 13.0 Å². The normalized spacial score (nSPS) is 14.6. The van der Waals surface area contributed by atoms with E-state index in [9.17, 15) is 9.18 Å². The highest BCUT2D eigenvalue weighted by atomic mass is 19.1. The van der Waals surface area contributed by atoms with Crippen molar-refractivity contribution >= 4 is 5.97 Å². The number of benzene rings is 1. The SMILES string of the molecule is Cc1cc(F)cc(-c2nc(C3CC3)c(C(=O)O)o2)c1. The average Bonchev–Trinajstić information content (AvgIpc) is 3.06. The molecule has 19 heavy (non-hydrogen) atoms. The average molecular weight is 261 g/mol. The number of nitrogens with zero attached hydrogens (tertiary/aromatic N) is 1. The highest BCUT2D eigenvalue weighted by molar-refractivity contribution is 5.86. The van der Waals surface area contributed by atoms with Gasteiger partial charge in [0.25, 0.3) is 0 Å². The molecule has 1 saturated carbocycles. The predicted molar refractivity (Wildman–Crippen MR) is 65.6 cm³/mol. The van der Waals surface area contributed by atoms with E-state index in [0.29, 0.717) is 11.3 Å². The molecule has 0 unspecified atom stereocenters. The van der Waals surface area contributed by atoms with Crippen LogP contribution in [0.1, 0.15) is 40.6 Å². The third-order valence-corrected chi connectivity index (χ3v) is 3.10. The van der Waals surface area contributed by atoms with Crippen molar-refractivity contribution in [2.24, 2.45) is 0 Å². The standard InChI is InChI=1S/C14H12FNO3/c1-7-4-9(6-10(15)5-7)13-16-11(8-2-3-8)12(19-13)14(17)18/h4-6,8H,2-3H2,1H3,(H,17,18). The monoisotopic (exact) mass is 261 g/mol. The lowest BCUT2D eigenvalue weighted by Crippen LogP contribution is -1.98. The molecule has 1 N–H and O–H groups in total. The van der Waals surface area contributed by atoms with Crippen LogP contribution in [0.5, 0.6) is 0 Å². The largest absolute Gasteiger partial charge is 0.475 e. The molecule has 0 atom stereocenters. The molecule has 1 aromatic heterocycles. The van der Waals surface area contributed by atoms with Gasteiger partial charge in [0.15, 0.2) is 0 Å². The molecule has 0 amide bonds. The quantitative estimate of drug-likeness (QED) is 0.920. The van der Waals surface area contributed by atoms with E-state index < -0.39 is 11.8 Å². The van der Waals surface area contributed by atoms with Gasteiger partial charge in [-0.3, -0.25) is 0 Å². The Hall–Kier alpha value is -2.17. The Morgan fingerprint density at radius 3 is 2.74 bits per heavy atom. The number of aryl methyl sites for hydroxylation is 1. The third-order valence-electron chi connectivity index (χ3n) is 3.10. The molecule has 1 aromatic carbocycles. The van der Waals surface area contributed by atoms with Gasteiger partial charge < -0.3 is 9.52 Å². The smallest absolute Gasteiger partial charge is 0.373 e. The second-order valence-electron chi connectivity index (χ2n) is 4.83. The molecule has 2 aromatic rings. The fraction of sp³-hybridized carbons (Fsp3) is 0.286. The number of carbonyl (C=O) groups is 1. The van der Waals surface area contributed by atoms with Crippen LogP contribution in [0.3, 0.4) is 0 Å². The Morgan fingerprint density at radius 2 is 2.16 bits per heavy atom. The van der Waals surface area contributed by atoms with Gasteiger partial charge >= 0.3 is 5.97 Å². The molecule has 1 heterocycles. The van der Waals surface area contributed by atoms with Crippen molar-refractivity contribution in [2.45, 2.75) is 25.7 Å². The highest BCUT2D eigenvalue weighted by Gasteiger charge is 2.33. The summed E-state index contributed by atoms with van der Waals surface area (Å²) < 4.78 is 18.7. The first-order chi connectivity index (χ1) is 9.04. The molecule has 0 saturated heterocycles. The predicted octanol–water partition coefficient (Wildman–Crippen LogP) is 3.36. The van der Waals surface area contributed by atoms with Crippen molar-refractivity contribution in [1.82, 2.24) is 4.98 Å². The van der Waals surface area contributed by atoms with Gasteiger partial charge in [0, 0.05) is 11.5 Å². The second-order valence-corrected chi connectivity index (χ2v) is 4.83. The number of hydrogen-bond donors (Lipinski definition) is 1. The molecule has 0 radical (unpaired) electrons. The molecule has 3 rings (SSSR count). The lowest BCUT2D eigenvalue weighted by Gasteiger charge is -1.98. The number of hydrogen-bond acceptors (Lipinski definition) is 3. The summed E-state index contributed by atoms with van der Waals surface area (Å²) in [5.74, 6) is -1.31. The van der Waals surface area contributed by atoms with Crippen LogP contribution < -0.4 is 0 Å². The Morgan fingerprint density at radius 1 is 1.42 bits per heavy atom. The molecule has 0 spiro atoms. The van der Waals surface area contributed by atoms with E-state index in [2.05, 4.69) is 4.98 Å². The molecule has 1 fully saturated rings. The van der Waals surface area contributed by atoms with Crippen LogP contribution in [0, 0.1) is 12.7 Å². The van der Waals surface area contributed by atoms with Gasteiger partial charge in [-0.2, -0.15) is 0 Å². The third kappa shape index (κ3) is 2.23. The summed E-state index contributed by atoms with van der Waals surface area (Å²) in [5, 5.41) is 9.10. The summed E-state index contributed by atoms with van der Waals surface area (Å²) in [6.45, 7) is 1.76. The van der Waals surface area contributed by atoms with Crippen molar-refractivity contribution in [3.63, 3.8) is 0 Å². The van der Waals surface area contributed by atoms with E-state index in [0.717, 1.165) is 18.4 Å². The molecule has 4 nitrogen and oxygen atoms in total. The van der Waals surface area contributed by atoms with Crippen LogP contribution in [-0.4, -0.2) is 16.1 Å². The summed E-state index contributed by atoms with van der Waals surface area (Å²) in [4.78, 5) is 15.4. The van der Waals surface area contributed by atoms with Crippen molar-refractivity contribution < 1.29 is 18.7 Å². The van der Waals surface area contributed by atoms with Gasteiger partial charge in [0.1, 0.15) is 5.82 Å². The Kier molecular flexibility index (Phi) is 2.62. The highest BCUT2D eigenvalue weighted by Crippen LogP contribution is 2.42. The zero-order valence-electron chi connectivity index (χ0n) is 10.3. The zero-order chi connectivity index (χ0) is 13.6. The van der Waals surface area contributed by atoms with Crippen molar-refractivity contribution in [1.29, 1.82) is 0 Å². The summed E-state index contributed by atoms with van der Waals surface area (Å²) in [7, 11) is 0. The topological polar surface area (TPSA) is 63.3 Å². The van der Waals surface area contributed by atoms with Gasteiger partial charge in [-0.05, 0) is 43.5 Å². The van der Waals surface area contributed by atoms with Gasteiger partial charge in [0.2, 0.25) is 11.7 Å². The van der Waals surface area contributed by atoms with Crippen LogP contribution >= 0.6 is 0 Å². The van der Waals surface area contributed by atoms with Crippen LogP contribution in [-0.2, 0) is 0 Å². The van der Waals surface area contributed by atoms with Gasteiger partial charge in [0.05, 0.1) is 5.69 Å². The molecule has 0 aliphatic heterocycles. The number of aromatic nitrogens is 1.